The Bertz CT molecular complexity index is 1270. The van der Waals surface area contributed by atoms with Gasteiger partial charge >= 0.3 is 0 Å². The lowest BCUT2D eigenvalue weighted by molar-refractivity contribution is -0.117. The molecule has 0 spiro atoms. The van der Waals surface area contributed by atoms with Crippen molar-refractivity contribution in [2.24, 2.45) is 0 Å². The van der Waals surface area contributed by atoms with Gasteiger partial charge in [-0.15, -0.1) is 0 Å². The zero-order valence-corrected chi connectivity index (χ0v) is 20.1. The predicted octanol–water partition coefficient (Wildman–Crippen LogP) is 5.17. The third-order valence-electron chi connectivity index (χ3n) is 5.01. The highest BCUT2D eigenvalue weighted by molar-refractivity contribution is 9.10. The molecule has 0 saturated carbocycles. The molecule has 0 saturated heterocycles. The van der Waals surface area contributed by atoms with Gasteiger partial charge in [-0.1, -0.05) is 64.5 Å². The first-order chi connectivity index (χ1) is 16.5. The van der Waals surface area contributed by atoms with Gasteiger partial charge in [0.25, 0.3) is 5.91 Å². The third-order valence-corrected chi connectivity index (χ3v) is 5.70. The van der Waals surface area contributed by atoms with E-state index in [9.17, 15) is 15.3 Å². The molecular formula is C27H22BrN3O3. The Balaban J connectivity index is 1.73. The molecule has 0 fully saturated rings. The highest BCUT2D eigenvalue weighted by atomic mass is 79.9. The predicted molar refractivity (Wildman–Crippen MR) is 133 cm³/mol. The molecule has 7 heteroatoms. The van der Waals surface area contributed by atoms with E-state index in [1.165, 1.54) is 13.2 Å². The number of hydrogen-bond donors (Lipinski definition) is 1. The number of carbonyl (C=O) groups excluding carboxylic acids is 1. The summed E-state index contributed by atoms with van der Waals surface area (Å²) >= 11 is 3.48. The summed E-state index contributed by atoms with van der Waals surface area (Å²) in [4.78, 5) is 12.5. The summed E-state index contributed by atoms with van der Waals surface area (Å²) in [5, 5.41) is 21.6. The molecule has 1 N–H and O–H groups in total. The molecule has 0 aliphatic carbocycles. The summed E-state index contributed by atoms with van der Waals surface area (Å²) in [6.07, 6.45) is 2.17. The van der Waals surface area contributed by atoms with Crippen molar-refractivity contribution in [2.45, 2.75) is 13.0 Å². The standard InChI is InChI=1S/C27H22BrN3O3/c1-33-25-14-22(13-23(17-30)27(32)31-12-11-19-7-3-2-4-8-19)24(28)15-26(25)34-18-21-10-6-5-9-20(21)16-29/h2-10,13-15H,11-12,18H2,1H3,(H,31,32)/b23-13+. The number of amides is 1. The molecule has 0 bridgehead atoms. The number of rotatable bonds is 9. The van der Waals surface area contributed by atoms with Gasteiger partial charge in [0.05, 0.1) is 18.7 Å². The largest absolute Gasteiger partial charge is 0.493 e. The van der Waals surface area contributed by atoms with Gasteiger partial charge < -0.3 is 14.8 Å². The first kappa shape index (κ1) is 24.6. The fourth-order valence-electron chi connectivity index (χ4n) is 3.21. The molecule has 0 unspecified atom stereocenters. The van der Waals surface area contributed by atoms with Crippen LogP contribution in [0.25, 0.3) is 6.08 Å². The van der Waals surface area contributed by atoms with Gasteiger partial charge in [0.2, 0.25) is 0 Å². The van der Waals surface area contributed by atoms with Gasteiger partial charge in [0.1, 0.15) is 18.2 Å². The lowest BCUT2D eigenvalue weighted by Crippen LogP contribution is -2.26. The van der Waals surface area contributed by atoms with E-state index in [4.69, 9.17) is 9.47 Å². The number of benzene rings is 3. The summed E-state index contributed by atoms with van der Waals surface area (Å²) in [6, 6.07) is 24.5. The molecule has 3 rings (SSSR count). The van der Waals surface area contributed by atoms with Crippen molar-refractivity contribution >= 4 is 27.9 Å². The second-order valence-corrected chi connectivity index (χ2v) is 8.10. The van der Waals surface area contributed by atoms with Crippen molar-refractivity contribution in [1.82, 2.24) is 5.32 Å². The molecule has 3 aromatic rings. The number of nitriles is 2. The van der Waals surface area contributed by atoms with Crippen LogP contribution in [-0.4, -0.2) is 19.6 Å². The van der Waals surface area contributed by atoms with Crippen LogP contribution in [0.15, 0.2) is 76.8 Å². The average molecular weight is 516 g/mol. The number of ether oxygens (including phenoxy) is 2. The van der Waals surface area contributed by atoms with Crippen molar-refractivity contribution < 1.29 is 14.3 Å². The molecule has 34 heavy (non-hydrogen) atoms. The summed E-state index contributed by atoms with van der Waals surface area (Å²) in [5.41, 5.74) is 2.97. The summed E-state index contributed by atoms with van der Waals surface area (Å²) < 4.78 is 12.0. The van der Waals surface area contributed by atoms with Crippen LogP contribution in [0, 0.1) is 22.7 Å². The maximum Gasteiger partial charge on any atom is 0.261 e. The maximum absolute atomic E-state index is 12.5. The Kier molecular flexibility index (Phi) is 8.85. The molecule has 0 aromatic heterocycles. The molecule has 0 aliphatic heterocycles. The Morgan fingerprint density at radius 1 is 1.06 bits per heavy atom. The third kappa shape index (κ3) is 6.48. The molecule has 170 valence electrons. The van der Waals surface area contributed by atoms with Gasteiger partial charge in [0.15, 0.2) is 11.5 Å². The zero-order valence-electron chi connectivity index (χ0n) is 18.5. The fourth-order valence-corrected chi connectivity index (χ4v) is 3.65. The van der Waals surface area contributed by atoms with Crippen LogP contribution in [0.3, 0.4) is 0 Å². The highest BCUT2D eigenvalue weighted by Gasteiger charge is 2.14. The molecule has 0 radical (unpaired) electrons. The SMILES string of the molecule is COc1cc(/C=C(\C#N)C(=O)NCCc2ccccc2)c(Br)cc1OCc1ccccc1C#N. The minimum Gasteiger partial charge on any atom is -0.493 e. The summed E-state index contributed by atoms with van der Waals surface area (Å²) in [6.45, 7) is 0.609. The van der Waals surface area contributed by atoms with Crippen LogP contribution in [0.2, 0.25) is 0 Å². The maximum atomic E-state index is 12.5. The van der Waals surface area contributed by atoms with Gasteiger partial charge in [-0.3, -0.25) is 4.79 Å². The van der Waals surface area contributed by atoms with Gasteiger partial charge in [-0.05, 0) is 41.8 Å². The Hall–Kier alpha value is -4.07. The average Bonchev–Trinajstić information content (AvgIpc) is 2.87. The molecular weight excluding hydrogens is 494 g/mol. The van der Waals surface area contributed by atoms with Gasteiger partial charge in [0, 0.05) is 16.6 Å². The fraction of sp³-hybridized carbons (Fsp3) is 0.148. The lowest BCUT2D eigenvalue weighted by atomic mass is 10.1. The molecule has 0 aliphatic rings. The number of methoxy groups -OCH3 is 1. The second-order valence-electron chi connectivity index (χ2n) is 7.24. The zero-order chi connectivity index (χ0) is 24.3. The minimum atomic E-state index is -0.447. The van der Waals surface area contributed by atoms with Crippen LogP contribution < -0.4 is 14.8 Å². The van der Waals surface area contributed by atoms with Crippen LogP contribution >= 0.6 is 15.9 Å². The number of hydrogen-bond acceptors (Lipinski definition) is 5. The molecule has 0 atom stereocenters. The van der Waals surface area contributed by atoms with Crippen molar-refractivity contribution in [1.29, 1.82) is 10.5 Å². The first-order valence-corrected chi connectivity index (χ1v) is 11.3. The van der Waals surface area contributed by atoms with E-state index in [1.807, 2.05) is 48.5 Å². The summed E-state index contributed by atoms with van der Waals surface area (Å²) in [7, 11) is 1.51. The van der Waals surface area contributed by atoms with E-state index in [0.717, 1.165) is 11.1 Å². The van der Waals surface area contributed by atoms with Gasteiger partial charge in [-0.25, -0.2) is 0 Å². The van der Waals surface area contributed by atoms with Crippen LogP contribution in [0.4, 0.5) is 0 Å². The van der Waals surface area contributed by atoms with Crippen LogP contribution in [0.1, 0.15) is 22.3 Å². The molecule has 3 aromatic carbocycles. The topological polar surface area (TPSA) is 95.1 Å². The van der Waals surface area contributed by atoms with E-state index in [1.54, 1.807) is 24.3 Å². The number of nitrogens with one attached hydrogen (secondary N) is 1. The number of carbonyl (C=O) groups is 1. The van der Waals surface area contributed by atoms with E-state index >= 15 is 0 Å². The Labute approximate surface area is 207 Å². The van der Waals surface area contributed by atoms with E-state index in [2.05, 4.69) is 27.3 Å². The van der Waals surface area contributed by atoms with E-state index in [-0.39, 0.29) is 12.2 Å². The van der Waals surface area contributed by atoms with Crippen molar-refractivity contribution in [2.75, 3.05) is 13.7 Å². The molecule has 1 amide bonds. The first-order valence-electron chi connectivity index (χ1n) is 10.5. The minimum absolute atomic E-state index is 0.0209. The second kappa shape index (κ2) is 12.2. The van der Waals surface area contributed by atoms with Crippen molar-refractivity contribution in [3.8, 4) is 23.6 Å². The Morgan fingerprint density at radius 2 is 1.79 bits per heavy atom. The van der Waals surface area contributed by atoms with Crippen molar-refractivity contribution in [3.05, 3.63) is 99.0 Å². The van der Waals surface area contributed by atoms with Crippen LogP contribution in [-0.2, 0) is 17.8 Å². The number of halogens is 1. The van der Waals surface area contributed by atoms with E-state index in [0.29, 0.717) is 40.1 Å². The van der Waals surface area contributed by atoms with E-state index < -0.39 is 5.91 Å². The quantitative estimate of drug-likeness (QED) is 0.313. The molecule has 0 heterocycles. The van der Waals surface area contributed by atoms with Crippen molar-refractivity contribution in [3.63, 3.8) is 0 Å². The normalized spacial score (nSPS) is 10.6. The summed E-state index contributed by atoms with van der Waals surface area (Å²) in [5.74, 6) is 0.452. The Morgan fingerprint density at radius 3 is 2.50 bits per heavy atom. The van der Waals surface area contributed by atoms with Crippen LogP contribution in [0.5, 0.6) is 11.5 Å². The smallest absolute Gasteiger partial charge is 0.261 e. The lowest BCUT2D eigenvalue weighted by Gasteiger charge is -2.13. The molecule has 6 nitrogen and oxygen atoms in total. The van der Waals surface area contributed by atoms with Gasteiger partial charge in [-0.2, -0.15) is 10.5 Å². The monoisotopic (exact) mass is 515 g/mol. The number of nitrogens with zero attached hydrogens (tertiary/aromatic N) is 2. The highest BCUT2D eigenvalue weighted by Crippen LogP contribution is 2.35.